The molecule has 0 fully saturated rings. The highest BCUT2D eigenvalue weighted by Gasteiger charge is 2.05. The molecule has 0 spiro atoms. The van der Waals surface area contributed by atoms with Gasteiger partial charge in [0.2, 0.25) is 0 Å². The molecule has 0 aliphatic carbocycles. The van der Waals surface area contributed by atoms with Gasteiger partial charge in [-0.05, 0) is 36.6 Å². The minimum absolute atomic E-state index is 0.312. The summed E-state index contributed by atoms with van der Waals surface area (Å²) in [5, 5.41) is 8.80. The van der Waals surface area contributed by atoms with Gasteiger partial charge in [0.05, 0.1) is 18.8 Å². The molecule has 3 heteroatoms. The van der Waals surface area contributed by atoms with Crippen LogP contribution in [0.1, 0.15) is 27.9 Å². The molecule has 0 unspecified atom stereocenters. The number of aryl methyl sites for hydroxylation is 1. The first-order chi connectivity index (χ1) is 7.65. The van der Waals surface area contributed by atoms with E-state index in [1.54, 1.807) is 24.3 Å². The summed E-state index contributed by atoms with van der Waals surface area (Å²) in [5.41, 5.74) is 2.28. The second-order valence-electron chi connectivity index (χ2n) is 3.58. The summed E-state index contributed by atoms with van der Waals surface area (Å²) < 4.78 is 5.42. The van der Waals surface area contributed by atoms with Crippen molar-refractivity contribution in [2.45, 2.75) is 20.0 Å². The zero-order valence-electron chi connectivity index (χ0n) is 9.40. The molecule has 16 heavy (non-hydrogen) atoms. The van der Waals surface area contributed by atoms with Crippen LogP contribution in [-0.4, -0.2) is 17.7 Å². The second-order valence-corrected chi connectivity index (χ2v) is 3.58. The van der Waals surface area contributed by atoms with Gasteiger partial charge in [-0.1, -0.05) is 12.1 Å². The van der Waals surface area contributed by atoms with Gasteiger partial charge in [-0.2, -0.15) is 0 Å². The molecule has 0 aromatic heterocycles. The molecule has 1 N–H and O–H groups in total. The number of ether oxygens (including phenoxy) is 1. The van der Waals surface area contributed by atoms with Crippen LogP contribution in [0.25, 0.3) is 0 Å². The Bertz CT molecular complexity index is 383. The van der Waals surface area contributed by atoms with Crippen molar-refractivity contribution in [2.24, 2.45) is 0 Å². The molecule has 1 rings (SSSR count). The molecule has 0 heterocycles. The Hall–Kier alpha value is -1.61. The molecule has 0 aliphatic heterocycles. The van der Waals surface area contributed by atoms with Crippen LogP contribution >= 0.6 is 0 Å². The normalized spacial score (nSPS) is 10.1. The van der Waals surface area contributed by atoms with Crippen LogP contribution in [0.2, 0.25) is 0 Å². The molecular formula is C13H16O3. The SMILES string of the molecule is C=CCCOCc1ccc(C(=O)O)cc1C. The highest BCUT2D eigenvalue weighted by Crippen LogP contribution is 2.12. The molecule has 1 aromatic carbocycles. The van der Waals surface area contributed by atoms with E-state index in [-0.39, 0.29) is 0 Å². The maximum Gasteiger partial charge on any atom is 0.335 e. The van der Waals surface area contributed by atoms with Gasteiger partial charge in [-0.25, -0.2) is 4.79 Å². The summed E-state index contributed by atoms with van der Waals surface area (Å²) in [4.78, 5) is 10.7. The first-order valence-electron chi connectivity index (χ1n) is 5.16. The van der Waals surface area contributed by atoms with Crippen LogP contribution in [-0.2, 0) is 11.3 Å². The number of rotatable bonds is 6. The monoisotopic (exact) mass is 220 g/mol. The highest BCUT2D eigenvalue weighted by molar-refractivity contribution is 5.87. The molecule has 86 valence electrons. The second kappa shape index (κ2) is 6.08. The van der Waals surface area contributed by atoms with Crippen molar-refractivity contribution in [3.8, 4) is 0 Å². The van der Waals surface area contributed by atoms with Gasteiger partial charge >= 0.3 is 5.97 Å². The third kappa shape index (κ3) is 3.51. The lowest BCUT2D eigenvalue weighted by Gasteiger charge is -2.07. The van der Waals surface area contributed by atoms with Crippen molar-refractivity contribution in [1.29, 1.82) is 0 Å². The van der Waals surface area contributed by atoms with Crippen LogP contribution in [0.4, 0.5) is 0 Å². The van der Waals surface area contributed by atoms with E-state index in [1.807, 2.05) is 6.92 Å². The first kappa shape index (κ1) is 12.5. The molecule has 0 saturated heterocycles. The molecule has 0 radical (unpaired) electrons. The quantitative estimate of drug-likeness (QED) is 0.592. The molecule has 0 saturated carbocycles. The molecular weight excluding hydrogens is 204 g/mol. The van der Waals surface area contributed by atoms with E-state index >= 15 is 0 Å². The Labute approximate surface area is 95.4 Å². The Kier molecular flexibility index (Phi) is 4.73. The summed E-state index contributed by atoms with van der Waals surface area (Å²) in [6, 6.07) is 5.06. The molecule has 0 atom stereocenters. The Balaban J connectivity index is 2.61. The maximum absolute atomic E-state index is 10.7. The molecule has 1 aromatic rings. The molecule has 0 bridgehead atoms. The zero-order valence-corrected chi connectivity index (χ0v) is 9.40. The van der Waals surface area contributed by atoms with Gasteiger partial charge in [-0.15, -0.1) is 6.58 Å². The smallest absolute Gasteiger partial charge is 0.335 e. The fourth-order valence-corrected chi connectivity index (χ4v) is 1.34. The lowest BCUT2D eigenvalue weighted by molar-refractivity contribution is 0.0696. The number of carboxylic acids is 1. The third-order valence-corrected chi connectivity index (χ3v) is 2.31. The maximum atomic E-state index is 10.7. The van der Waals surface area contributed by atoms with Crippen molar-refractivity contribution in [2.75, 3.05) is 6.61 Å². The van der Waals surface area contributed by atoms with E-state index in [1.165, 1.54) is 0 Å². The average molecular weight is 220 g/mol. The zero-order chi connectivity index (χ0) is 12.0. The van der Waals surface area contributed by atoms with Crippen LogP contribution in [0.15, 0.2) is 30.9 Å². The Morgan fingerprint density at radius 1 is 1.56 bits per heavy atom. The lowest BCUT2D eigenvalue weighted by atomic mass is 10.1. The molecule has 0 aliphatic rings. The number of aromatic carboxylic acids is 1. The van der Waals surface area contributed by atoms with E-state index in [9.17, 15) is 4.79 Å². The number of carboxylic acid groups (broad SMARTS) is 1. The standard InChI is InChI=1S/C13H16O3/c1-3-4-7-16-9-12-6-5-11(13(14)15)8-10(12)2/h3,5-6,8H,1,4,7,9H2,2H3,(H,14,15). The first-order valence-corrected chi connectivity index (χ1v) is 5.16. The number of hydrogen-bond donors (Lipinski definition) is 1. The summed E-state index contributed by atoms with van der Waals surface area (Å²) in [6.45, 7) is 6.65. The van der Waals surface area contributed by atoms with Crippen molar-refractivity contribution in [3.63, 3.8) is 0 Å². The predicted molar refractivity (Wildman–Crippen MR) is 62.6 cm³/mol. The van der Waals surface area contributed by atoms with Crippen LogP contribution in [0, 0.1) is 6.92 Å². The van der Waals surface area contributed by atoms with Gasteiger partial charge < -0.3 is 9.84 Å². The Morgan fingerprint density at radius 2 is 2.31 bits per heavy atom. The van der Waals surface area contributed by atoms with Crippen LogP contribution in [0.3, 0.4) is 0 Å². The summed E-state index contributed by atoms with van der Waals surface area (Å²) >= 11 is 0. The van der Waals surface area contributed by atoms with E-state index < -0.39 is 5.97 Å². The Morgan fingerprint density at radius 3 is 2.88 bits per heavy atom. The number of carbonyl (C=O) groups is 1. The van der Waals surface area contributed by atoms with Crippen LogP contribution < -0.4 is 0 Å². The summed E-state index contributed by atoms with van der Waals surface area (Å²) in [5.74, 6) is -0.901. The van der Waals surface area contributed by atoms with E-state index in [4.69, 9.17) is 9.84 Å². The van der Waals surface area contributed by atoms with Crippen molar-refractivity contribution in [3.05, 3.63) is 47.5 Å². The van der Waals surface area contributed by atoms with E-state index in [0.29, 0.717) is 18.8 Å². The van der Waals surface area contributed by atoms with Gasteiger partial charge in [0.15, 0.2) is 0 Å². The van der Waals surface area contributed by atoms with Crippen molar-refractivity contribution >= 4 is 5.97 Å². The highest BCUT2D eigenvalue weighted by atomic mass is 16.5. The average Bonchev–Trinajstić information content (AvgIpc) is 2.26. The van der Waals surface area contributed by atoms with E-state index in [2.05, 4.69) is 6.58 Å². The van der Waals surface area contributed by atoms with Crippen molar-refractivity contribution < 1.29 is 14.6 Å². The fourth-order valence-electron chi connectivity index (χ4n) is 1.34. The minimum atomic E-state index is -0.901. The third-order valence-electron chi connectivity index (χ3n) is 2.31. The topological polar surface area (TPSA) is 46.5 Å². The minimum Gasteiger partial charge on any atom is -0.478 e. The van der Waals surface area contributed by atoms with Crippen LogP contribution in [0.5, 0.6) is 0 Å². The van der Waals surface area contributed by atoms with E-state index in [0.717, 1.165) is 17.5 Å². The molecule has 0 amide bonds. The number of benzene rings is 1. The predicted octanol–water partition coefficient (Wildman–Crippen LogP) is 2.79. The van der Waals surface area contributed by atoms with Gasteiger partial charge in [0.25, 0.3) is 0 Å². The lowest BCUT2D eigenvalue weighted by Crippen LogP contribution is -2.01. The summed E-state index contributed by atoms with van der Waals surface area (Å²) in [6.07, 6.45) is 2.63. The largest absolute Gasteiger partial charge is 0.478 e. The van der Waals surface area contributed by atoms with Crippen molar-refractivity contribution in [1.82, 2.24) is 0 Å². The summed E-state index contributed by atoms with van der Waals surface area (Å²) in [7, 11) is 0. The van der Waals surface area contributed by atoms with Gasteiger partial charge in [-0.3, -0.25) is 0 Å². The van der Waals surface area contributed by atoms with Gasteiger partial charge in [0, 0.05) is 0 Å². The number of hydrogen-bond acceptors (Lipinski definition) is 2. The fraction of sp³-hybridized carbons (Fsp3) is 0.308. The molecule has 3 nitrogen and oxygen atoms in total. The van der Waals surface area contributed by atoms with Gasteiger partial charge in [0.1, 0.15) is 0 Å².